The number of hydrazone groups is 1. The topological polar surface area (TPSA) is 106 Å². The van der Waals surface area contributed by atoms with Gasteiger partial charge in [0, 0.05) is 0 Å². The van der Waals surface area contributed by atoms with E-state index in [1.54, 1.807) is 38.3 Å². The Bertz CT molecular complexity index is 1320. The molecular formula is C27H28N4O5S. The molecule has 0 bridgehead atoms. The summed E-state index contributed by atoms with van der Waals surface area (Å²) >= 11 is 1.27. The number of ether oxygens (including phenoxy) is 4. The third-order valence-corrected chi connectivity index (χ3v) is 6.16. The molecule has 2 aromatic carbocycles. The average Bonchev–Trinajstić information content (AvgIpc) is 3.26. The van der Waals surface area contributed by atoms with E-state index in [1.165, 1.54) is 16.8 Å². The molecule has 4 rings (SSSR count). The predicted molar refractivity (Wildman–Crippen MR) is 146 cm³/mol. The normalized spacial score (nSPS) is 15.8. The number of allylic oxidation sites excluding steroid dienone is 1. The van der Waals surface area contributed by atoms with Crippen LogP contribution in [0.1, 0.15) is 25.0 Å². The highest BCUT2D eigenvalue weighted by atomic mass is 32.2. The van der Waals surface area contributed by atoms with Gasteiger partial charge in [-0.1, -0.05) is 18.2 Å². The van der Waals surface area contributed by atoms with Gasteiger partial charge < -0.3 is 18.9 Å². The first-order valence-electron chi connectivity index (χ1n) is 11.7. The third kappa shape index (κ3) is 6.03. The highest BCUT2D eigenvalue weighted by Crippen LogP contribution is 2.32. The van der Waals surface area contributed by atoms with Gasteiger partial charge in [-0.05, 0) is 73.5 Å². The fourth-order valence-corrected chi connectivity index (χ4v) is 4.42. The number of hydrogen-bond donors (Lipinski definition) is 1. The van der Waals surface area contributed by atoms with Crippen LogP contribution in [0.2, 0.25) is 0 Å². The molecule has 2 heterocycles. The molecule has 0 fully saturated rings. The number of carbonyl (C=O) groups is 1. The summed E-state index contributed by atoms with van der Waals surface area (Å²) in [4.78, 5) is 16.6. The van der Waals surface area contributed by atoms with Crippen LogP contribution in [0, 0.1) is 5.41 Å². The van der Waals surface area contributed by atoms with Crippen molar-refractivity contribution in [1.82, 2.24) is 5.01 Å². The van der Waals surface area contributed by atoms with E-state index in [9.17, 15) is 4.79 Å². The Kier molecular flexibility index (Phi) is 8.29. The van der Waals surface area contributed by atoms with Gasteiger partial charge in [-0.15, -0.1) is 6.58 Å². The van der Waals surface area contributed by atoms with Crippen molar-refractivity contribution < 1.29 is 23.7 Å². The van der Waals surface area contributed by atoms with E-state index in [4.69, 9.17) is 24.4 Å². The Balaban J connectivity index is 1.43. The third-order valence-electron chi connectivity index (χ3n) is 5.34. The number of benzene rings is 2. The van der Waals surface area contributed by atoms with Gasteiger partial charge in [0.05, 0.1) is 24.3 Å². The molecule has 1 N–H and O–H groups in total. The van der Waals surface area contributed by atoms with Gasteiger partial charge in [0.25, 0.3) is 5.91 Å². The van der Waals surface area contributed by atoms with E-state index in [-0.39, 0.29) is 18.0 Å². The molecule has 0 saturated heterocycles. The van der Waals surface area contributed by atoms with Crippen LogP contribution in [0.15, 0.2) is 64.7 Å². The molecule has 1 amide bonds. The number of fused-ring (bicyclic) bond motifs is 1. The van der Waals surface area contributed by atoms with Crippen LogP contribution in [0.3, 0.4) is 0 Å². The molecule has 192 valence electrons. The van der Waals surface area contributed by atoms with Crippen molar-refractivity contribution in [2.45, 2.75) is 20.3 Å². The first kappa shape index (κ1) is 26.0. The summed E-state index contributed by atoms with van der Waals surface area (Å²) in [6.07, 6.45) is 4.20. The summed E-state index contributed by atoms with van der Waals surface area (Å²) < 4.78 is 23.0. The summed E-state index contributed by atoms with van der Waals surface area (Å²) in [6, 6.07) is 11.1. The van der Waals surface area contributed by atoms with Crippen molar-refractivity contribution in [3.05, 3.63) is 65.8 Å². The van der Waals surface area contributed by atoms with Crippen LogP contribution in [0.5, 0.6) is 23.0 Å². The summed E-state index contributed by atoms with van der Waals surface area (Å²) in [7, 11) is 1.60. The molecule has 9 nitrogen and oxygen atoms in total. The Morgan fingerprint density at radius 1 is 1.05 bits per heavy atom. The van der Waals surface area contributed by atoms with E-state index in [2.05, 4.69) is 16.7 Å². The fraction of sp³-hybridized carbons (Fsp3) is 0.259. The van der Waals surface area contributed by atoms with Gasteiger partial charge >= 0.3 is 0 Å². The lowest BCUT2D eigenvalue weighted by molar-refractivity contribution is -0.114. The van der Waals surface area contributed by atoms with Gasteiger partial charge in [-0.3, -0.25) is 10.2 Å². The summed E-state index contributed by atoms with van der Waals surface area (Å²) in [5.74, 6) is 1.86. The molecule has 37 heavy (non-hydrogen) atoms. The van der Waals surface area contributed by atoms with Gasteiger partial charge in [-0.2, -0.15) is 15.1 Å². The quantitative estimate of drug-likeness (QED) is 0.255. The second kappa shape index (κ2) is 11.8. The van der Waals surface area contributed by atoms with Crippen molar-refractivity contribution in [3.8, 4) is 23.0 Å². The zero-order chi connectivity index (χ0) is 26.4. The molecule has 0 aliphatic carbocycles. The van der Waals surface area contributed by atoms with E-state index < -0.39 is 5.91 Å². The highest BCUT2D eigenvalue weighted by Gasteiger charge is 2.34. The summed E-state index contributed by atoms with van der Waals surface area (Å²) in [6.45, 7) is 8.46. The molecule has 0 spiro atoms. The van der Waals surface area contributed by atoms with E-state index in [1.807, 2.05) is 31.2 Å². The molecule has 0 aromatic heterocycles. The minimum atomic E-state index is -0.475. The standard InChI is InChI=1S/C27H28N4O5S/c1-5-7-18-8-10-21(23(15-18)33-4)35-12-13-36-22-11-9-19(16-24(22)34-6-2)14-20-25(28)31-27(29-26(20)32)37-17(3)30-31/h5,8-11,14-16,28H,1,6-7,12-13H2,2-4H3. The smallest absolute Gasteiger partial charge is 0.283 e. The molecule has 2 aromatic rings. The number of thioether (sulfide) groups is 1. The van der Waals surface area contributed by atoms with Crippen LogP contribution in [0.4, 0.5) is 0 Å². The number of amides is 1. The number of amidine groups is 2. The number of methoxy groups -OCH3 is 1. The minimum absolute atomic E-state index is 0.0114. The first-order valence-corrected chi connectivity index (χ1v) is 12.5. The maximum Gasteiger partial charge on any atom is 0.283 e. The van der Waals surface area contributed by atoms with Gasteiger partial charge in [0.1, 0.15) is 13.2 Å². The summed E-state index contributed by atoms with van der Waals surface area (Å²) in [5, 5.41) is 15.2. The van der Waals surface area contributed by atoms with Gasteiger partial charge in [0.15, 0.2) is 28.8 Å². The molecule has 0 saturated carbocycles. The molecule has 0 unspecified atom stereocenters. The maximum atomic E-state index is 12.6. The molecule has 2 aliphatic rings. The van der Waals surface area contributed by atoms with Crippen LogP contribution >= 0.6 is 11.8 Å². The second-order valence-electron chi connectivity index (χ2n) is 7.95. The molecule has 2 aliphatic heterocycles. The lowest BCUT2D eigenvalue weighted by Gasteiger charge is -2.20. The largest absolute Gasteiger partial charge is 0.493 e. The maximum absolute atomic E-state index is 12.6. The number of carbonyl (C=O) groups excluding carboxylic acids is 1. The monoisotopic (exact) mass is 520 g/mol. The SMILES string of the molecule is C=CCc1ccc(OCCOc2ccc(C=C3C(=N)N4N=C(C)SC4=NC3=O)cc2OCC)c(OC)c1. The van der Waals surface area contributed by atoms with Crippen LogP contribution in [-0.4, -0.2) is 53.9 Å². The fourth-order valence-electron chi connectivity index (χ4n) is 3.68. The Hall–Kier alpha value is -4.05. The van der Waals surface area contributed by atoms with Crippen LogP contribution in [-0.2, 0) is 11.2 Å². The molecule has 10 heteroatoms. The number of aliphatic imine (C=N–C) groups is 1. The highest BCUT2D eigenvalue weighted by molar-refractivity contribution is 8.26. The number of nitrogens with one attached hydrogen (secondary N) is 1. The van der Waals surface area contributed by atoms with Crippen molar-refractivity contribution in [2.75, 3.05) is 26.9 Å². The average molecular weight is 521 g/mol. The lowest BCUT2D eigenvalue weighted by atomic mass is 10.1. The second-order valence-corrected chi connectivity index (χ2v) is 9.11. The van der Waals surface area contributed by atoms with Gasteiger partial charge in [0.2, 0.25) is 5.17 Å². The van der Waals surface area contributed by atoms with Crippen molar-refractivity contribution in [2.24, 2.45) is 10.1 Å². The van der Waals surface area contributed by atoms with E-state index in [0.717, 1.165) is 17.0 Å². The minimum Gasteiger partial charge on any atom is -0.493 e. The Labute approximate surface area is 220 Å². The van der Waals surface area contributed by atoms with Crippen molar-refractivity contribution >= 4 is 39.8 Å². The van der Waals surface area contributed by atoms with E-state index >= 15 is 0 Å². The van der Waals surface area contributed by atoms with Gasteiger partial charge in [-0.25, -0.2) is 0 Å². The predicted octanol–water partition coefficient (Wildman–Crippen LogP) is 4.92. The van der Waals surface area contributed by atoms with Crippen LogP contribution in [0.25, 0.3) is 6.08 Å². The number of nitrogens with zero attached hydrogens (tertiary/aromatic N) is 3. The summed E-state index contributed by atoms with van der Waals surface area (Å²) in [5.41, 5.74) is 1.92. The Morgan fingerprint density at radius 3 is 2.49 bits per heavy atom. The van der Waals surface area contributed by atoms with E-state index in [0.29, 0.717) is 46.9 Å². The lowest BCUT2D eigenvalue weighted by Crippen LogP contribution is -2.35. The molecule has 0 radical (unpaired) electrons. The Morgan fingerprint density at radius 2 is 1.78 bits per heavy atom. The zero-order valence-electron chi connectivity index (χ0n) is 20.9. The van der Waals surface area contributed by atoms with Crippen molar-refractivity contribution in [1.29, 1.82) is 5.41 Å². The molecule has 0 atom stereocenters. The van der Waals surface area contributed by atoms with Crippen LogP contribution < -0.4 is 18.9 Å². The molecular weight excluding hydrogens is 492 g/mol. The first-order chi connectivity index (χ1) is 17.9. The van der Waals surface area contributed by atoms with Crippen molar-refractivity contribution in [3.63, 3.8) is 0 Å². The number of rotatable bonds is 11. The zero-order valence-corrected chi connectivity index (χ0v) is 21.8. The number of hydrogen-bond acceptors (Lipinski definition) is 8.